The van der Waals surface area contributed by atoms with E-state index in [1.165, 1.54) is 17.1 Å². The molecule has 1 unspecified atom stereocenters. The Kier molecular flexibility index (Phi) is 2.87. The summed E-state index contributed by atoms with van der Waals surface area (Å²) in [5, 5.41) is 3.75. The Hall–Kier alpha value is -1.00. The van der Waals surface area contributed by atoms with Gasteiger partial charge in [0.25, 0.3) is 0 Å². The van der Waals surface area contributed by atoms with Crippen LogP contribution in [-0.4, -0.2) is 16.0 Å². The second-order valence-electron chi connectivity index (χ2n) is 3.71. The summed E-state index contributed by atoms with van der Waals surface area (Å²) < 4.78 is 39.3. The summed E-state index contributed by atoms with van der Waals surface area (Å²) >= 11 is 0. The lowest BCUT2D eigenvalue weighted by atomic mass is 9.90. The molecule has 2 nitrogen and oxygen atoms in total. The van der Waals surface area contributed by atoms with Crippen molar-refractivity contribution in [3.63, 3.8) is 0 Å². The first-order valence-electron chi connectivity index (χ1n) is 4.37. The molecular formula is C9H13F3N2. The quantitative estimate of drug-likeness (QED) is 0.727. The summed E-state index contributed by atoms with van der Waals surface area (Å²) in [6.45, 7) is 3.12. The molecule has 5 heteroatoms. The van der Waals surface area contributed by atoms with Crippen LogP contribution in [0.15, 0.2) is 12.4 Å². The molecule has 1 heterocycles. The third-order valence-electron chi connectivity index (χ3n) is 2.10. The standard InChI is InChI=1S/C9H13F3N2/c1-6(2)8(9(10,11)12)7-4-13-14(3)5-7/h4-6,8H,1-3H3. The minimum Gasteiger partial charge on any atom is -0.276 e. The number of aryl methyl sites for hydroxylation is 1. The first-order chi connectivity index (χ1) is 6.32. The van der Waals surface area contributed by atoms with Crippen molar-refractivity contribution in [2.45, 2.75) is 25.9 Å². The average molecular weight is 206 g/mol. The fourth-order valence-corrected chi connectivity index (χ4v) is 1.55. The third-order valence-corrected chi connectivity index (χ3v) is 2.10. The topological polar surface area (TPSA) is 17.8 Å². The van der Waals surface area contributed by atoms with Gasteiger partial charge >= 0.3 is 6.18 Å². The molecule has 0 amide bonds. The maximum Gasteiger partial charge on any atom is 0.396 e. The van der Waals surface area contributed by atoms with Crippen molar-refractivity contribution in [3.05, 3.63) is 18.0 Å². The summed E-state index contributed by atoms with van der Waals surface area (Å²) in [5.74, 6) is -1.89. The largest absolute Gasteiger partial charge is 0.396 e. The minimum absolute atomic E-state index is 0.231. The molecule has 14 heavy (non-hydrogen) atoms. The minimum atomic E-state index is -4.20. The lowest BCUT2D eigenvalue weighted by Crippen LogP contribution is -2.25. The van der Waals surface area contributed by atoms with Gasteiger partial charge in [0.15, 0.2) is 0 Å². The molecule has 1 atom stereocenters. The van der Waals surface area contributed by atoms with E-state index in [0.29, 0.717) is 0 Å². The lowest BCUT2D eigenvalue weighted by molar-refractivity contribution is -0.159. The SMILES string of the molecule is CC(C)C(c1cnn(C)c1)C(F)(F)F. The maximum absolute atomic E-state index is 12.6. The molecule has 0 aliphatic heterocycles. The zero-order valence-electron chi connectivity index (χ0n) is 8.34. The van der Waals surface area contributed by atoms with Gasteiger partial charge in [-0.3, -0.25) is 4.68 Å². The van der Waals surface area contributed by atoms with Crippen LogP contribution >= 0.6 is 0 Å². The van der Waals surface area contributed by atoms with Crippen LogP contribution in [0.3, 0.4) is 0 Å². The molecule has 0 bridgehead atoms. The molecule has 1 aromatic heterocycles. The van der Waals surface area contributed by atoms with E-state index < -0.39 is 18.0 Å². The van der Waals surface area contributed by atoms with Crippen molar-refractivity contribution in [2.24, 2.45) is 13.0 Å². The van der Waals surface area contributed by atoms with Gasteiger partial charge in [0, 0.05) is 18.8 Å². The molecular weight excluding hydrogens is 193 g/mol. The Morgan fingerprint density at radius 3 is 2.21 bits per heavy atom. The highest BCUT2D eigenvalue weighted by Gasteiger charge is 2.43. The first-order valence-corrected chi connectivity index (χ1v) is 4.37. The number of rotatable bonds is 2. The number of hydrogen-bond donors (Lipinski definition) is 0. The highest BCUT2D eigenvalue weighted by atomic mass is 19.4. The molecule has 1 aromatic rings. The second kappa shape index (κ2) is 3.63. The Morgan fingerprint density at radius 2 is 1.93 bits per heavy atom. The zero-order valence-corrected chi connectivity index (χ0v) is 8.34. The van der Waals surface area contributed by atoms with Gasteiger partial charge in [-0.2, -0.15) is 18.3 Å². The smallest absolute Gasteiger partial charge is 0.276 e. The number of hydrogen-bond acceptors (Lipinski definition) is 1. The van der Waals surface area contributed by atoms with Crippen LogP contribution in [0.5, 0.6) is 0 Å². The Morgan fingerprint density at radius 1 is 1.36 bits per heavy atom. The van der Waals surface area contributed by atoms with Crippen molar-refractivity contribution in [1.29, 1.82) is 0 Å². The van der Waals surface area contributed by atoms with Crippen LogP contribution in [0.1, 0.15) is 25.3 Å². The van der Waals surface area contributed by atoms with Crippen molar-refractivity contribution >= 4 is 0 Å². The molecule has 0 spiro atoms. The summed E-state index contributed by atoms with van der Waals surface area (Å²) in [4.78, 5) is 0. The van der Waals surface area contributed by atoms with Gasteiger partial charge in [0.05, 0.1) is 12.1 Å². The van der Waals surface area contributed by atoms with E-state index in [1.807, 2.05) is 0 Å². The van der Waals surface area contributed by atoms with Crippen molar-refractivity contribution < 1.29 is 13.2 Å². The van der Waals surface area contributed by atoms with Gasteiger partial charge < -0.3 is 0 Å². The van der Waals surface area contributed by atoms with Crippen LogP contribution in [0.2, 0.25) is 0 Å². The summed E-state index contributed by atoms with van der Waals surface area (Å²) in [7, 11) is 1.61. The van der Waals surface area contributed by atoms with Crippen molar-refractivity contribution in [2.75, 3.05) is 0 Å². The van der Waals surface area contributed by atoms with Crippen molar-refractivity contribution in [3.8, 4) is 0 Å². The molecule has 0 fully saturated rings. The van der Waals surface area contributed by atoms with Crippen LogP contribution in [0.25, 0.3) is 0 Å². The predicted octanol–water partition coefficient (Wildman–Crippen LogP) is 2.72. The Labute approximate surface area is 80.7 Å². The summed E-state index contributed by atoms with van der Waals surface area (Å²) in [6, 6.07) is 0. The van der Waals surface area contributed by atoms with Crippen LogP contribution in [-0.2, 0) is 7.05 Å². The average Bonchev–Trinajstić information content (AvgIpc) is 2.31. The van der Waals surface area contributed by atoms with Gasteiger partial charge in [-0.15, -0.1) is 0 Å². The molecule has 1 rings (SSSR count). The van der Waals surface area contributed by atoms with E-state index in [0.717, 1.165) is 0 Å². The van der Waals surface area contributed by atoms with Gasteiger partial charge in [-0.25, -0.2) is 0 Å². The van der Waals surface area contributed by atoms with E-state index in [9.17, 15) is 13.2 Å². The Balaban J connectivity index is 3.01. The van der Waals surface area contributed by atoms with Gasteiger partial charge in [0.2, 0.25) is 0 Å². The van der Waals surface area contributed by atoms with E-state index >= 15 is 0 Å². The molecule has 0 N–H and O–H groups in total. The Bertz CT molecular complexity index is 301. The third kappa shape index (κ3) is 2.27. The number of aromatic nitrogens is 2. The van der Waals surface area contributed by atoms with E-state index in [-0.39, 0.29) is 5.56 Å². The summed E-state index contributed by atoms with van der Waals surface area (Å²) in [6.07, 6.45) is -1.51. The van der Waals surface area contributed by atoms with E-state index in [4.69, 9.17) is 0 Å². The second-order valence-corrected chi connectivity index (χ2v) is 3.71. The monoisotopic (exact) mass is 206 g/mol. The summed E-state index contributed by atoms with van der Waals surface area (Å²) in [5.41, 5.74) is 0.231. The van der Waals surface area contributed by atoms with E-state index in [2.05, 4.69) is 5.10 Å². The molecule has 0 aliphatic rings. The molecule has 0 saturated heterocycles. The van der Waals surface area contributed by atoms with Crippen LogP contribution in [0.4, 0.5) is 13.2 Å². The molecule has 80 valence electrons. The fraction of sp³-hybridized carbons (Fsp3) is 0.667. The molecule has 0 aromatic carbocycles. The highest BCUT2D eigenvalue weighted by Crippen LogP contribution is 2.39. The first kappa shape index (κ1) is 11.1. The highest BCUT2D eigenvalue weighted by molar-refractivity contribution is 5.14. The predicted molar refractivity (Wildman–Crippen MR) is 46.8 cm³/mol. The van der Waals surface area contributed by atoms with Crippen LogP contribution in [0, 0.1) is 5.92 Å². The molecule has 0 saturated carbocycles. The molecule has 0 radical (unpaired) electrons. The maximum atomic E-state index is 12.6. The van der Waals surface area contributed by atoms with Crippen molar-refractivity contribution in [1.82, 2.24) is 9.78 Å². The van der Waals surface area contributed by atoms with Gasteiger partial charge in [-0.1, -0.05) is 13.8 Å². The zero-order chi connectivity index (χ0) is 10.9. The number of halogens is 3. The number of nitrogens with zero attached hydrogens (tertiary/aromatic N) is 2. The van der Waals surface area contributed by atoms with Crippen LogP contribution < -0.4 is 0 Å². The van der Waals surface area contributed by atoms with Gasteiger partial charge in [0.1, 0.15) is 0 Å². The number of alkyl halides is 3. The van der Waals surface area contributed by atoms with Gasteiger partial charge in [-0.05, 0) is 5.92 Å². The molecule has 0 aliphatic carbocycles. The van der Waals surface area contributed by atoms with E-state index in [1.54, 1.807) is 20.9 Å². The lowest BCUT2D eigenvalue weighted by Gasteiger charge is -2.22. The normalized spacial score (nSPS) is 14.8. The fourth-order valence-electron chi connectivity index (χ4n) is 1.55.